The van der Waals surface area contributed by atoms with Crippen molar-refractivity contribution in [2.24, 2.45) is 5.92 Å². The Labute approximate surface area is 128 Å². The van der Waals surface area contributed by atoms with E-state index in [9.17, 15) is 4.79 Å². The van der Waals surface area contributed by atoms with Crippen molar-refractivity contribution >= 4 is 23.2 Å². The maximum absolute atomic E-state index is 12.1. The number of anilines is 1. The van der Waals surface area contributed by atoms with Crippen LogP contribution in [0.15, 0.2) is 24.3 Å². The van der Waals surface area contributed by atoms with Gasteiger partial charge in [0, 0.05) is 22.4 Å². The minimum Gasteiger partial charge on any atom is -0.322 e. The molecule has 0 radical (unpaired) electrons. The number of carbonyl (C=O) groups is 1. The average molecular weight is 304 g/mol. The highest BCUT2D eigenvalue weighted by atomic mass is 35.5. The van der Waals surface area contributed by atoms with Gasteiger partial charge in [-0.15, -0.1) is 0 Å². The van der Waals surface area contributed by atoms with Crippen molar-refractivity contribution in [2.75, 3.05) is 5.32 Å². The van der Waals surface area contributed by atoms with Gasteiger partial charge in [0.25, 0.3) is 0 Å². The second-order valence-corrected chi connectivity index (χ2v) is 6.23. The summed E-state index contributed by atoms with van der Waals surface area (Å²) in [4.78, 5) is 12.1. The predicted molar refractivity (Wildman–Crippen MR) is 84.5 cm³/mol. The van der Waals surface area contributed by atoms with Crippen LogP contribution >= 0.6 is 11.6 Å². The lowest BCUT2D eigenvalue weighted by molar-refractivity contribution is -0.118. The molecule has 0 atom stereocenters. The van der Waals surface area contributed by atoms with E-state index < -0.39 is 0 Å². The molecule has 2 aromatic rings. The van der Waals surface area contributed by atoms with Crippen LogP contribution in [0.1, 0.15) is 38.3 Å². The summed E-state index contributed by atoms with van der Waals surface area (Å²) in [6, 6.07) is 7.52. The molecular formula is C16H18ClN3O. The largest absolute Gasteiger partial charge is 0.322 e. The van der Waals surface area contributed by atoms with Gasteiger partial charge >= 0.3 is 0 Å². The van der Waals surface area contributed by atoms with Crippen LogP contribution in [0.5, 0.6) is 0 Å². The number of hydrogen-bond acceptors (Lipinski definition) is 2. The second kappa shape index (κ2) is 5.53. The van der Waals surface area contributed by atoms with E-state index in [1.807, 2.05) is 38.1 Å². The number of nitrogens with zero attached hydrogens (tertiary/aromatic N) is 1. The fourth-order valence-corrected chi connectivity index (χ4v) is 2.45. The van der Waals surface area contributed by atoms with Gasteiger partial charge in [-0.3, -0.25) is 9.89 Å². The molecule has 0 bridgehead atoms. The quantitative estimate of drug-likeness (QED) is 0.889. The van der Waals surface area contributed by atoms with E-state index in [-0.39, 0.29) is 11.8 Å². The van der Waals surface area contributed by atoms with Crippen LogP contribution in [0.25, 0.3) is 11.3 Å². The first kappa shape index (κ1) is 14.1. The molecule has 1 aromatic carbocycles. The summed E-state index contributed by atoms with van der Waals surface area (Å²) in [5.41, 5.74) is 3.50. The third-order valence-electron chi connectivity index (χ3n) is 3.65. The Kier molecular flexibility index (Phi) is 3.72. The summed E-state index contributed by atoms with van der Waals surface area (Å²) in [6.07, 6.45) is 2.28. The minimum absolute atomic E-state index is 0.00146. The fraction of sp³-hybridized carbons (Fsp3) is 0.375. The first-order valence-corrected chi connectivity index (χ1v) is 7.59. The maximum Gasteiger partial charge on any atom is 0.227 e. The number of rotatable bonds is 4. The molecule has 3 rings (SSSR count). The molecule has 5 heteroatoms. The number of hydrogen-bond donors (Lipinski definition) is 2. The number of halogens is 1. The van der Waals surface area contributed by atoms with Gasteiger partial charge in [-0.05, 0) is 25.0 Å². The van der Waals surface area contributed by atoms with E-state index in [1.54, 1.807) is 0 Å². The average Bonchev–Trinajstić information content (AvgIpc) is 3.20. The first-order chi connectivity index (χ1) is 10.1. The van der Waals surface area contributed by atoms with Gasteiger partial charge in [0.2, 0.25) is 5.91 Å². The highest BCUT2D eigenvalue weighted by Crippen LogP contribution is 2.45. The van der Waals surface area contributed by atoms with Crippen molar-refractivity contribution in [3.8, 4) is 11.3 Å². The number of carbonyl (C=O) groups excluding carboxylic acids is 1. The molecule has 1 aromatic heterocycles. The lowest BCUT2D eigenvalue weighted by Gasteiger charge is -2.10. The van der Waals surface area contributed by atoms with E-state index in [0.717, 1.165) is 35.5 Å². The summed E-state index contributed by atoms with van der Waals surface area (Å²) in [5, 5.41) is 11.2. The van der Waals surface area contributed by atoms with E-state index in [2.05, 4.69) is 15.5 Å². The van der Waals surface area contributed by atoms with Crippen LogP contribution in [0.3, 0.4) is 0 Å². The molecular weight excluding hydrogens is 286 g/mol. The Morgan fingerprint density at radius 1 is 1.43 bits per heavy atom. The molecule has 0 aliphatic heterocycles. The highest BCUT2D eigenvalue weighted by Gasteiger charge is 2.31. The van der Waals surface area contributed by atoms with E-state index in [1.165, 1.54) is 0 Å². The van der Waals surface area contributed by atoms with Gasteiger partial charge in [0.15, 0.2) is 0 Å². The SMILES string of the molecule is CC(C)C(=O)Nc1c(-c2cccc(Cl)c2)n[nH]c1C1CC1. The molecule has 4 nitrogen and oxygen atoms in total. The molecule has 2 N–H and O–H groups in total. The number of amides is 1. The smallest absolute Gasteiger partial charge is 0.227 e. The monoisotopic (exact) mass is 303 g/mol. The molecule has 1 aliphatic rings. The van der Waals surface area contributed by atoms with Gasteiger partial charge in [-0.1, -0.05) is 37.6 Å². The molecule has 0 unspecified atom stereocenters. The van der Waals surface area contributed by atoms with Crippen LogP contribution in [0.4, 0.5) is 5.69 Å². The molecule has 1 amide bonds. The Bertz CT molecular complexity index is 674. The van der Waals surface area contributed by atoms with Gasteiger partial charge in [0.1, 0.15) is 5.69 Å². The number of H-pyrrole nitrogens is 1. The molecule has 1 heterocycles. The second-order valence-electron chi connectivity index (χ2n) is 5.79. The lowest BCUT2D eigenvalue weighted by atomic mass is 10.1. The summed E-state index contributed by atoms with van der Waals surface area (Å²) in [6.45, 7) is 3.76. The van der Waals surface area contributed by atoms with Crippen molar-refractivity contribution in [2.45, 2.75) is 32.6 Å². The van der Waals surface area contributed by atoms with Gasteiger partial charge in [0.05, 0.1) is 11.4 Å². The standard InChI is InChI=1S/C16H18ClN3O/c1-9(2)16(21)18-15-13(10-6-7-10)19-20-14(15)11-4-3-5-12(17)8-11/h3-5,8-10H,6-7H2,1-2H3,(H,18,21)(H,19,20). The van der Waals surface area contributed by atoms with Crippen molar-refractivity contribution in [3.05, 3.63) is 35.0 Å². The highest BCUT2D eigenvalue weighted by molar-refractivity contribution is 6.30. The van der Waals surface area contributed by atoms with Crippen LogP contribution in [0.2, 0.25) is 5.02 Å². The molecule has 1 fully saturated rings. The molecule has 0 saturated heterocycles. The number of nitrogens with one attached hydrogen (secondary N) is 2. The molecule has 21 heavy (non-hydrogen) atoms. The van der Waals surface area contributed by atoms with Crippen LogP contribution in [-0.2, 0) is 4.79 Å². The molecule has 0 spiro atoms. The third kappa shape index (κ3) is 2.95. The van der Waals surface area contributed by atoms with E-state index in [4.69, 9.17) is 11.6 Å². The number of aromatic amines is 1. The summed E-state index contributed by atoms with van der Waals surface area (Å²) >= 11 is 6.06. The van der Waals surface area contributed by atoms with Gasteiger partial charge < -0.3 is 5.32 Å². The van der Waals surface area contributed by atoms with Crippen LogP contribution in [-0.4, -0.2) is 16.1 Å². The van der Waals surface area contributed by atoms with Gasteiger partial charge in [-0.25, -0.2) is 0 Å². The number of aromatic nitrogens is 2. The number of benzene rings is 1. The normalized spacial score (nSPS) is 14.5. The Morgan fingerprint density at radius 3 is 2.81 bits per heavy atom. The topological polar surface area (TPSA) is 57.8 Å². The van der Waals surface area contributed by atoms with Crippen molar-refractivity contribution in [1.82, 2.24) is 10.2 Å². The predicted octanol–water partition coefficient (Wildman–Crippen LogP) is 4.20. The fourth-order valence-electron chi connectivity index (χ4n) is 2.26. The molecule has 1 saturated carbocycles. The van der Waals surface area contributed by atoms with Crippen molar-refractivity contribution in [1.29, 1.82) is 0 Å². The zero-order valence-corrected chi connectivity index (χ0v) is 12.9. The van der Waals surface area contributed by atoms with E-state index in [0.29, 0.717) is 10.9 Å². The van der Waals surface area contributed by atoms with E-state index >= 15 is 0 Å². The Morgan fingerprint density at radius 2 is 2.19 bits per heavy atom. The third-order valence-corrected chi connectivity index (χ3v) is 3.89. The van der Waals surface area contributed by atoms with Crippen molar-refractivity contribution in [3.63, 3.8) is 0 Å². The summed E-state index contributed by atoms with van der Waals surface area (Å²) in [7, 11) is 0. The summed E-state index contributed by atoms with van der Waals surface area (Å²) < 4.78 is 0. The Balaban J connectivity index is 2.02. The summed E-state index contributed by atoms with van der Waals surface area (Å²) in [5.74, 6) is 0.411. The Hall–Kier alpha value is -1.81. The minimum atomic E-state index is -0.0702. The van der Waals surface area contributed by atoms with Gasteiger partial charge in [-0.2, -0.15) is 5.10 Å². The zero-order valence-electron chi connectivity index (χ0n) is 12.1. The van der Waals surface area contributed by atoms with Crippen LogP contribution < -0.4 is 5.32 Å². The first-order valence-electron chi connectivity index (χ1n) is 7.21. The zero-order chi connectivity index (χ0) is 15.0. The molecule has 1 aliphatic carbocycles. The molecule has 110 valence electrons. The maximum atomic E-state index is 12.1. The van der Waals surface area contributed by atoms with Crippen LogP contribution in [0, 0.1) is 5.92 Å². The lowest BCUT2D eigenvalue weighted by Crippen LogP contribution is -2.18. The van der Waals surface area contributed by atoms with Crippen molar-refractivity contribution < 1.29 is 4.79 Å².